The molecule has 0 fully saturated rings. The molecule has 0 aromatic rings. The molecule has 0 spiro atoms. The Morgan fingerprint density at radius 3 is 2.53 bits per heavy atom. The summed E-state index contributed by atoms with van der Waals surface area (Å²) < 4.78 is 5.13. The van der Waals surface area contributed by atoms with E-state index in [1.165, 1.54) is 12.2 Å². The maximum Gasteiger partial charge on any atom is 0.305 e. The number of carbonyl (C=O) groups is 3. The van der Waals surface area contributed by atoms with Crippen molar-refractivity contribution in [3.63, 3.8) is 0 Å². The molecule has 1 unspecified atom stereocenters. The predicted molar refractivity (Wildman–Crippen MR) is 70.1 cm³/mol. The Balaban J connectivity index is 2.14. The van der Waals surface area contributed by atoms with E-state index in [0.717, 1.165) is 17.7 Å². The van der Waals surface area contributed by atoms with Crippen LogP contribution in [-0.4, -0.2) is 35.8 Å². The van der Waals surface area contributed by atoms with Crippen LogP contribution in [0.5, 0.6) is 0 Å². The Morgan fingerprint density at radius 2 is 1.95 bits per heavy atom. The highest BCUT2D eigenvalue weighted by Crippen LogP contribution is 2.08. The minimum atomic E-state index is -0.310. The van der Waals surface area contributed by atoms with Gasteiger partial charge in [0.1, 0.15) is 0 Å². The van der Waals surface area contributed by atoms with Gasteiger partial charge in [0, 0.05) is 25.1 Å². The van der Waals surface area contributed by atoms with Crippen LogP contribution >= 0.6 is 0 Å². The number of carbonyl (C=O) groups excluding carboxylic acids is 3. The standard InChI is InChI=1S/C14H21NO4/c1-3-5-11(2)10-19-14(18)6-4-9-15-12(16)7-8-13(15)17/h7-8,11H,3-6,9-10H2,1-2H3. The van der Waals surface area contributed by atoms with Crippen LogP contribution in [0.2, 0.25) is 0 Å². The van der Waals surface area contributed by atoms with Crippen molar-refractivity contribution in [1.82, 2.24) is 4.90 Å². The molecule has 2 amide bonds. The van der Waals surface area contributed by atoms with E-state index in [2.05, 4.69) is 6.92 Å². The van der Waals surface area contributed by atoms with Crippen molar-refractivity contribution >= 4 is 17.8 Å². The fourth-order valence-corrected chi connectivity index (χ4v) is 1.92. The molecule has 0 saturated heterocycles. The zero-order chi connectivity index (χ0) is 14.3. The molecule has 1 heterocycles. The van der Waals surface area contributed by atoms with Crippen LogP contribution in [0.25, 0.3) is 0 Å². The lowest BCUT2D eigenvalue weighted by molar-refractivity contribution is -0.146. The summed E-state index contributed by atoms with van der Waals surface area (Å²) in [5.74, 6) is -0.514. The molecule has 1 atom stereocenters. The van der Waals surface area contributed by atoms with Gasteiger partial charge in [0.25, 0.3) is 11.8 Å². The summed E-state index contributed by atoms with van der Waals surface area (Å²) in [5, 5.41) is 0. The third-order valence-corrected chi connectivity index (χ3v) is 2.97. The summed E-state index contributed by atoms with van der Waals surface area (Å²) in [7, 11) is 0. The molecule has 5 heteroatoms. The number of imide groups is 1. The lowest BCUT2D eigenvalue weighted by atomic mass is 10.1. The molecule has 1 aliphatic heterocycles. The van der Waals surface area contributed by atoms with E-state index in [1.807, 2.05) is 6.92 Å². The number of hydrogen-bond donors (Lipinski definition) is 0. The van der Waals surface area contributed by atoms with Gasteiger partial charge in [-0.1, -0.05) is 20.3 Å². The molecule has 0 radical (unpaired) electrons. The number of nitrogens with zero attached hydrogens (tertiary/aromatic N) is 1. The van der Waals surface area contributed by atoms with Crippen molar-refractivity contribution in [1.29, 1.82) is 0 Å². The van der Waals surface area contributed by atoms with E-state index >= 15 is 0 Å². The van der Waals surface area contributed by atoms with Crippen LogP contribution < -0.4 is 0 Å². The van der Waals surface area contributed by atoms with Crippen LogP contribution in [0.4, 0.5) is 0 Å². The normalized spacial score (nSPS) is 16.0. The van der Waals surface area contributed by atoms with Gasteiger partial charge in [-0.25, -0.2) is 0 Å². The van der Waals surface area contributed by atoms with Gasteiger partial charge in [-0.05, 0) is 18.8 Å². The SMILES string of the molecule is CCCC(C)COC(=O)CCCN1C(=O)C=CC1=O. The third-order valence-electron chi connectivity index (χ3n) is 2.97. The first kappa shape index (κ1) is 15.4. The summed E-state index contributed by atoms with van der Waals surface area (Å²) in [4.78, 5) is 35.1. The molecular formula is C14H21NO4. The van der Waals surface area contributed by atoms with Gasteiger partial charge in [-0.3, -0.25) is 19.3 Å². The molecule has 0 aromatic carbocycles. The highest BCUT2D eigenvalue weighted by atomic mass is 16.5. The Kier molecular flexibility index (Phi) is 6.25. The van der Waals surface area contributed by atoms with Gasteiger partial charge in [0.2, 0.25) is 0 Å². The molecule has 0 aromatic heterocycles. The first-order valence-electron chi connectivity index (χ1n) is 6.73. The van der Waals surface area contributed by atoms with Crippen molar-refractivity contribution < 1.29 is 19.1 Å². The number of rotatable bonds is 8. The van der Waals surface area contributed by atoms with E-state index in [1.54, 1.807) is 0 Å². The number of ether oxygens (including phenoxy) is 1. The average Bonchev–Trinajstić information content (AvgIpc) is 2.68. The van der Waals surface area contributed by atoms with Crippen molar-refractivity contribution in [3.8, 4) is 0 Å². The third kappa shape index (κ3) is 5.24. The smallest absolute Gasteiger partial charge is 0.305 e. The summed E-state index contributed by atoms with van der Waals surface area (Å²) in [6.07, 6.45) is 5.27. The van der Waals surface area contributed by atoms with Crippen molar-refractivity contribution in [2.45, 2.75) is 39.5 Å². The van der Waals surface area contributed by atoms with E-state index < -0.39 is 0 Å². The molecule has 5 nitrogen and oxygen atoms in total. The van der Waals surface area contributed by atoms with Gasteiger partial charge in [-0.15, -0.1) is 0 Å². The predicted octanol–water partition coefficient (Wildman–Crippen LogP) is 1.67. The van der Waals surface area contributed by atoms with E-state index in [-0.39, 0.29) is 30.7 Å². The van der Waals surface area contributed by atoms with Crippen LogP contribution in [0.3, 0.4) is 0 Å². The number of amides is 2. The molecule has 106 valence electrons. The molecule has 0 saturated carbocycles. The topological polar surface area (TPSA) is 63.7 Å². The van der Waals surface area contributed by atoms with Crippen molar-refractivity contribution in [2.75, 3.05) is 13.2 Å². The highest BCUT2D eigenvalue weighted by molar-refractivity contribution is 6.12. The average molecular weight is 267 g/mol. The first-order valence-corrected chi connectivity index (χ1v) is 6.73. The van der Waals surface area contributed by atoms with Crippen LogP contribution in [0, 0.1) is 5.92 Å². The quantitative estimate of drug-likeness (QED) is 0.495. The Morgan fingerprint density at radius 1 is 1.32 bits per heavy atom. The largest absolute Gasteiger partial charge is 0.465 e. The molecule has 1 rings (SSSR count). The Bertz CT molecular complexity index is 358. The van der Waals surface area contributed by atoms with Crippen LogP contribution in [0.15, 0.2) is 12.2 Å². The number of esters is 1. The van der Waals surface area contributed by atoms with E-state index in [4.69, 9.17) is 4.74 Å². The molecular weight excluding hydrogens is 246 g/mol. The lowest BCUT2D eigenvalue weighted by Crippen LogP contribution is -2.31. The van der Waals surface area contributed by atoms with Crippen molar-refractivity contribution in [3.05, 3.63) is 12.2 Å². The lowest BCUT2D eigenvalue weighted by Gasteiger charge is -2.14. The fraction of sp³-hybridized carbons (Fsp3) is 0.643. The van der Waals surface area contributed by atoms with Crippen LogP contribution in [-0.2, 0) is 19.1 Å². The zero-order valence-electron chi connectivity index (χ0n) is 11.6. The second-order valence-corrected chi connectivity index (χ2v) is 4.84. The van der Waals surface area contributed by atoms with Gasteiger partial charge >= 0.3 is 5.97 Å². The highest BCUT2D eigenvalue weighted by Gasteiger charge is 2.22. The minimum Gasteiger partial charge on any atom is -0.465 e. The fourth-order valence-electron chi connectivity index (χ4n) is 1.92. The van der Waals surface area contributed by atoms with Crippen molar-refractivity contribution in [2.24, 2.45) is 5.92 Å². The molecule has 19 heavy (non-hydrogen) atoms. The van der Waals surface area contributed by atoms with Gasteiger partial charge in [0.05, 0.1) is 6.61 Å². The molecule has 1 aliphatic rings. The summed E-state index contributed by atoms with van der Waals surface area (Å²) in [5.41, 5.74) is 0. The summed E-state index contributed by atoms with van der Waals surface area (Å²) >= 11 is 0. The van der Waals surface area contributed by atoms with Gasteiger partial charge in [-0.2, -0.15) is 0 Å². The zero-order valence-corrected chi connectivity index (χ0v) is 11.6. The minimum absolute atomic E-state index is 0.232. The monoisotopic (exact) mass is 267 g/mol. The Labute approximate surface area is 113 Å². The maximum absolute atomic E-state index is 11.5. The van der Waals surface area contributed by atoms with E-state index in [9.17, 15) is 14.4 Å². The number of hydrogen-bond acceptors (Lipinski definition) is 4. The first-order chi connectivity index (χ1) is 9.04. The summed E-state index contributed by atoms with van der Waals surface area (Å²) in [6.45, 7) is 4.85. The molecule has 0 aliphatic carbocycles. The molecule has 0 bridgehead atoms. The second-order valence-electron chi connectivity index (χ2n) is 4.84. The molecule has 0 N–H and O–H groups in total. The van der Waals surface area contributed by atoms with Crippen LogP contribution in [0.1, 0.15) is 39.5 Å². The summed E-state index contributed by atoms with van der Waals surface area (Å²) in [6, 6.07) is 0. The van der Waals surface area contributed by atoms with E-state index in [0.29, 0.717) is 18.9 Å². The van der Waals surface area contributed by atoms with Gasteiger partial charge in [0.15, 0.2) is 0 Å². The Hall–Kier alpha value is -1.65. The van der Waals surface area contributed by atoms with Gasteiger partial charge < -0.3 is 4.74 Å². The maximum atomic E-state index is 11.5. The second kappa shape index (κ2) is 7.71.